The van der Waals surface area contributed by atoms with Crippen LogP contribution < -0.4 is 10.6 Å². The van der Waals surface area contributed by atoms with Gasteiger partial charge in [0.05, 0.1) is 10.7 Å². The molecule has 0 unspecified atom stereocenters. The number of hydrogen-bond donors (Lipinski definition) is 2. The SMILES string of the molecule is C=CCNc1cc(C)nc(Nc2ccc(Cl)cc2Cl)n1. The molecule has 0 aliphatic rings. The third-order valence-corrected chi connectivity index (χ3v) is 3.01. The zero-order valence-electron chi connectivity index (χ0n) is 11.0. The lowest BCUT2D eigenvalue weighted by atomic mass is 10.3. The first-order valence-corrected chi connectivity index (χ1v) is 6.76. The minimum Gasteiger partial charge on any atom is -0.366 e. The molecule has 0 fully saturated rings. The van der Waals surface area contributed by atoms with Gasteiger partial charge in [-0.05, 0) is 25.1 Å². The highest BCUT2D eigenvalue weighted by Crippen LogP contribution is 2.27. The minimum absolute atomic E-state index is 0.473. The Morgan fingerprint density at radius 2 is 2.05 bits per heavy atom. The van der Waals surface area contributed by atoms with Crippen LogP contribution in [0.25, 0.3) is 0 Å². The molecule has 1 aromatic carbocycles. The van der Waals surface area contributed by atoms with E-state index in [1.165, 1.54) is 0 Å². The number of benzene rings is 1. The van der Waals surface area contributed by atoms with Crippen molar-refractivity contribution in [1.82, 2.24) is 9.97 Å². The van der Waals surface area contributed by atoms with Crippen molar-refractivity contribution in [2.75, 3.05) is 17.2 Å². The summed E-state index contributed by atoms with van der Waals surface area (Å²) in [5.74, 6) is 1.20. The van der Waals surface area contributed by atoms with E-state index in [0.29, 0.717) is 28.2 Å². The third-order valence-electron chi connectivity index (χ3n) is 2.46. The second-order valence-corrected chi connectivity index (χ2v) is 4.98. The quantitative estimate of drug-likeness (QED) is 0.802. The third kappa shape index (κ3) is 3.85. The fourth-order valence-corrected chi connectivity index (χ4v) is 2.06. The van der Waals surface area contributed by atoms with E-state index in [1.54, 1.807) is 24.3 Å². The maximum atomic E-state index is 6.11. The highest BCUT2D eigenvalue weighted by atomic mass is 35.5. The van der Waals surface area contributed by atoms with E-state index in [2.05, 4.69) is 27.2 Å². The maximum absolute atomic E-state index is 6.11. The van der Waals surface area contributed by atoms with E-state index in [-0.39, 0.29) is 0 Å². The highest BCUT2D eigenvalue weighted by molar-refractivity contribution is 6.36. The van der Waals surface area contributed by atoms with Gasteiger partial charge in [0.15, 0.2) is 0 Å². The molecule has 1 heterocycles. The summed E-state index contributed by atoms with van der Waals surface area (Å²) in [5, 5.41) is 7.30. The smallest absolute Gasteiger partial charge is 0.229 e. The van der Waals surface area contributed by atoms with Crippen molar-refractivity contribution in [1.29, 1.82) is 0 Å². The number of anilines is 3. The molecule has 104 valence electrons. The summed E-state index contributed by atoms with van der Waals surface area (Å²) in [5.41, 5.74) is 1.55. The van der Waals surface area contributed by atoms with Crippen LogP contribution in [-0.4, -0.2) is 16.5 Å². The van der Waals surface area contributed by atoms with Crippen molar-refractivity contribution in [3.63, 3.8) is 0 Å². The average molecular weight is 309 g/mol. The molecule has 2 aromatic rings. The van der Waals surface area contributed by atoms with E-state index in [0.717, 1.165) is 11.5 Å². The summed E-state index contributed by atoms with van der Waals surface area (Å²) in [6.45, 7) is 6.19. The average Bonchev–Trinajstić information content (AvgIpc) is 2.39. The molecule has 20 heavy (non-hydrogen) atoms. The van der Waals surface area contributed by atoms with Gasteiger partial charge < -0.3 is 10.6 Å². The van der Waals surface area contributed by atoms with Gasteiger partial charge in [-0.3, -0.25) is 0 Å². The molecule has 4 nitrogen and oxygen atoms in total. The first kappa shape index (κ1) is 14.6. The molecule has 0 saturated carbocycles. The summed E-state index contributed by atoms with van der Waals surface area (Å²) < 4.78 is 0. The Morgan fingerprint density at radius 1 is 1.25 bits per heavy atom. The second-order valence-electron chi connectivity index (χ2n) is 4.14. The Labute approximate surface area is 127 Å². The maximum Gasteiger partial charge on any atom is 0.229 e. The Balaban J connectivity index is 2.23. The van der Waals surface area contributed by atoms with Crippen LogP contribution in [0.2, 0.25) is 10.0 Å². The standard InChI is InChI=1S/C14H14Cl2N4/c1-3-6-17-13-7-9(2)18-14(20-13)19-12-5-4-10(15)8-11(12)16/h3-5,7-8H,1,6H2,2H3,(H2,17,18,19,20). The van der Waals surface area contributed by atoms with Gasteiger partial charge in [-0.15, -0.1) is 6.58 Å². The van der Waals surface area contributed by atoms with Gasteiger partial charge in [0.25, 0.3) is 0 Å². The van der Waals surface area contributed by atoms with Gasteiger partial charge in [-0.25, -0.2) is 4.98 Å². The number of nitrogens with one attached hydrogen (secondary N) is 2. The van der Waals surface area contributed by atoms with Crippen molar-refractivity contribution >= 4 is 40.7 Å². The number of nitrogens with zero attached hydrogens (tertiary/aromatic N) is 2. The van der Waals surface area contributed by atoms with Gasteiger partial charge in [0, 0.05) is 23.3 Å². The number of aryl methyl sites for hydroxylation is 1. The van der Waals surface area contributed by atoms with Crippen LogP contribution >= 0.6 is 23.2 Å². The number of halogens is 2. The zero-order valence-corrected chi connectivity index (χ0v) is 12.5. The first-order valence-electron chi connectivity index (χ1n) is 6.01. The molecule has 0 bridgehead atoms. The van der Waals surface area contributed by atoms with Crippen molar-refractivity contribution < 1.29 is 0 Å². The van der Waals surface area contributed by atoms with Gasteiger partial charge in [0.2, 0.25) is 5.95 Å². The Hall–Kier alpha value is -1.78. The molecule has 2 rings (SSSR count). The fourth-order valence-electron chi connectivity index (χ4n) is 1.60. The van der Waals surface area contributed by atoms with E-state index >= 15 is 0 Å². The number of rotatable bonds is 5. The van der Waals surface area contributed by atoms with E-state index in [1.807, 2.05) is 13.0 Å². The van der Waals surface area contributed by atoms with E-state index < -0.39 is 0 Å². The summed E-state index contributed by atoms with van der Waals surface area (Å²) in [6, 6.07) is 7.06. The molecular weight excluding hydrogens is 295 g/mol. The molecule has 0 saturated heterocycles. The van der Waals surface area contributed by atoms with E-state index in [9.17, 15) is 0 Å². The Kier molecular flexibility index (Phi) is 4.82. The Bertz CT molecular complexity index is 629. The molecule has 0 aliphatic heterocycles. The van der Waals surface area contributed by atoms with Gasteiger partial charge >= 0.3 is 0 Å². The predicted octanol–water partition coefficient (Wildman–Crippen LogP) is 4.43. The topological polar surface area (TPSA) is 49.8 Å². The van der Waals surface area contributed by atoms with Crippen molar-refractivity contribution in [3.8, 4) is 0 Å². The molecule has 0 spiro atoms. The lowest BCUT2D eigenvalue weighted by Gasteiger charge is -2.10. The normalized spacial score (nSPS) is 10.2. The Morgan fingerprint density at radius 3 is 2.75 bits per heavy atom. The second kappa shape index (κ2) is 6.59. The fraction of sp³-hybridized carbons (Fsp3) is 0.143. The van der Waals surface area contributed by atoms with Gasteiger partial charge in [0.1, 0.15) is 5.82 Å². The first-order chi connectivity index (χ1) is 9.58. The van der Waals surface area contributed by atoms with Crippen LogP contribution in [0.1, 0.15) is 5.69 Å². The monoisotopic (exact) mass is 308 g/mol. The molecular formula is C14H14Cl2N4. The molecule has 0 amide bonds. The molecule has 1 aromatic heterocycles. The number of aromatic nitrogens is 2. The largest absolute Gasteiger partial charge is 0.366 e. The van der Waals surface area contributed by atoms with Crippen LogP contribution in [0.4, 0.5) is 17.5 Å². The molecule has 0 aliphatic carbocycles. The zero-order chi connectivity index (χ0) is 14.5. The van der Waals surface area contributed by atoms with Crippen molar-refractivity contribution in [3.05, 3.63) is 52.7 Å². The molecule has 0 radical (unpaired) electrons. The number of hydrogen-bond acceptors (Lipinski definition) is 4. The van der Waals surface area contributed by atoms with Gasteiger partial charge in [-0.1, -0.05) is 29.3 Å². The summed E-state index contributed by atoms with van der Waals surface area (Å²) >= 11 is 12.0. The minimum atomic E-state index is 0.473. The van der Waals surface area contributed by atoms with Crippen LogP contribution in [0.5, 0.6) is 0 Å². The van der Waals surface area contributed by atoms with Crippen molar-refractivity contribution in [2.24, 2.45) is 0 Å². The van der Waals surface area contributed by atoms with E-state index in [4.69, 9.17) is 23.2 Å². The molecule has 6 heteroatoms. The van der Waals surface area contributed by atoms with Crippen LogP contribution in [0.15, 0.2) is 36.9 Å². The van der Waals surface area contributed by atoms with Crippen LogP contribution in [-0.2, 0) is 0 Å². The van der Waals surface area contributed by atoms with Crippen molar-refractivity contribution in [2.45, 2.75) is 6.92 Å². The highest BCUT2D eigenvalue weighted by Gasteiger charge is 2.05. The summed E-state index contributed by atoms with van der Waals surface area (Å²) in [4.78, 5) is 8.68. The lowest BCUT2D eigenvalue weighted by molar-refractivity contribution is 1.09. The lowest BCUT2D eigenvalue weighted by Crippen LogP contribution is -2.05. The van der Waals surface area contributed by atoms with Crippen LogP contribution in [0, 0.1) is 6.92 Å². The molecule has 0 atom stereocenters. The van der Waals surface area contributed by atoms with Crippen LogP contribution in [0.3, 0.4) is 0 Å². The molecule has 2 N–H and O–H groups in total. The summed E-state index contributed by atoms with van der Waals surface area (Å²) in [7, 11) is 0. The summed E-state index contributed by atoms with van der Waals surface area (Å²) in [6.07, 6.45) is 1.76. The predicted molar refractivity (Wildman–Crippen MR) is 85.2 cm³/mol. The van der Waals surface area contributed by atoms with Gasteiger partial charge in [-0.2, -0.15) is 4.98 Å².